The minimum Gasteiger partial charge on any atom is -0.478 e. The van der Waals surface area contributed by atoms with Crippen LogP contribution in [0.15, 0.2) is 58.3 Å². The Morgan fingerprint density at radius 2 is 2.00 bits per heavy atom. The lowest BCUT2D eigenvalue weighted by molar-refractivity contribution is 0.0697. The van der Waals surface area contributed by atoms with E-state index in [9.17, 15) is 4.79 Å². The number of hydrogen-bond acceptors (Lipinski definition) is 3. The van der Waals surface area contributed by atoms with E-state index < -0.39 is 5.97 Å². The number of nitrogens with two attached hydrogens (primary N) is 1. The molecule has 0 aliphatic carbocycles. The molecule has 0 radical (unpaired) electrons. The highest BCUT2D eigenvalue weighted by Gasteiger charge is 2.08. The van der Waals surface area contributed by atoms with E-state index in [4.69, 9.17) is 10.8 Å². The van der Waals surface area contributed by atoms with Gasteiger partial charge in [-0.05, 0) is 30.5 Å². The van der Waals surface area contributed by atoms with Crippen molar-refractivity contribution in [3.05, 3.63) is 59.4 Å². The topological polar surface area (TPSA) is 88.0 Å². The molecule has 0 fully saturated rings. The molecule has 128 valence electrons. The van der Waals surface area contributed by atoms with E-state index in [1.165, 1.54) is 25.0 Å². The van der Waals surface area contributed by atoms with Crippen LogP contribution in [0.5, 0.6) is 0 Å². The van der Waals surface area contributed by atoms with Crippen LogP contribution < -0.4 is 5.73 Å². The number of carboxylic acids is 1. The third kappa shape index (κ3) is 6.20. The molecule has 0 spiro atoms. The first-order chi connectivity index (χ1) is 11.5. The summed E-state index contributed by atoms with van der Waals surface area (Å²) in [6, 6.07) is 6.34. The number of benzene rings is 1. The number of allylic oxidation sites excluding steroid dienone is 1. The van der Waals surface area contributed by atoms with Crippen LogP contribution in [0.1, 0.15) is 55.5 Å². The molecule has 1 aliphatic rings. The number of aromatic carboxylic acids is 1. The number of carbonyl (C=O) groups is 1. The minimum atomic E-state index is -0.997. The van der Waals surface area contributed by atoms with Crippen molar-refractivity contribution >= 4 is 18.0 Å². The largest absolute Gasteiger partial charge is 0.478 e. The van der Waals surface area contributed by atoms with Gasteiger partial charge >= 0.3 is 5.97 Å². The molecule has 1 heterocycles. The van der Waals surface area contributed by atoms with Gasteiger partial charge in [0.15, 0.2) is 0 Å². The molecule has 5 heteroatoms. The van der Waals surface area contributed by atoms with Crippen LogP contribution >= 0.6 is 0 Å². The Morgan fingerprint density at radius 3 is 2.54 bits per heavy atom. The average molecular weight is 327 g/mol. The highest BCUT2D eigenvalue weighted by atomic mass is 16.4. The molecule has 0 bridgehead atoms. The van der Waals surface area contributed by atoms with E-state index in [-0.39, 0.29) is 11.4 Å². The van der Waals surface area contributed by atoms with Crippen molar-refractivity contribution in [1.29, 1.82) is 0 Å². The maximum atomic E-state index is 10.9. The summed E-state index contributed by atoms with van der Waals surface area (Å²) >= 11 is 0. The second-order valence-corrected chi connectivity index (χ2v) is 5.35. The van der Waals surface area contributed by atoms with Gasteiger partial charge in [0.1, 0.15) is 5.84 Å². The summed E-state index contributed by atoms with van der Waals surface area (Å²) in [4.78, 5) is 19.2. The van der Waals surface area contributed by atoms with Gasteiger partial charge in [-0.1, -0.05) is 45.4 Å². The van der Waals surface area contributed by atoms with Crippen molar-refractivity contribution in [3.63, 3.8) is 0 Å². The minimum absolute atomic E-state index is 0.174. The van der Waals surface area contributed by atoms with Crippen LogP contribution in [0, 0.1) is 0 Å². The number of aliphatic imine (C=N–C) groups is 2. The maximum absolute atomic E-state index is 10.9. The average Bonchev–Trinajstić information content (AvgIpc) is 2.62. The molecule has 2 rings (SSSR count). The second-order valence-electron chi connectivity index (χ2n) is 5.35. The van der Waals surface area contributed by atoms with Gasteiger partial charge in [0, 0.05) is 18.0 Å². The van der Waals surface area contributed by atoms with Crippen LogP contribution in [0.3, 0.4) is 0 Å². The summed E-state index contributed by atoms with van der Waals surface area (Å²) in [5.41, 5.74) is 8.13. The van der Waals surface area contributed by atoms with Crippen LogP contribution in [0.2, 0.25) is 0 Å². The molecule has 0 saturated heterocycles. The molecule has 1 aliphatic heterocycles. The van der Waals surface area contributed by atoms with E-state index in [0.29, 0.717) is 11.3 Å². The fourth-order valence-electron chi connectivity index (χ4n) is 1.81. The van der Waals surface area contributed by atoms with Crippen LogP contribution in [-0.2, 0) is 0 Å². The third-order valence-electron chi connectivity index (χ3n) is 3.41. The summed E-state index contributed by atoms with van der Waals surface area (Å²) in [6.07, 6.45) is 7.87. The molecular formula is C19H25N3O2. The number of amidine groups is 1. The zero-order chi connectivity index (χ0) is 17.9. The van der Waals surface area contributed by atoms with E-state index in [0.717, 1.165) is 18.4 Å². The fraction of sp³-hybridized carbons (Fsp3) is 0.316. The molecule has 1 aromatic carbocycles. The summed E-state index contributed by atoms with van der Waals surface area (Å²) in [5.74, 6) is -0.753. The van der Waals surface area contributed by atoms with Gasteiger partial charge in [-0.2, -0.15) is 0 Å². The Kier molecular flexibility index (Phi) is 8.19. The highest BCUT2D eigenvalue weighted by molar-refractivity contribution is 6.00. The monoisotopic (exact) mass is 327 g/mol. The maximum Gasteiger partial charge on any atom is 0.335 e. The molecule has 3 N–H and O–H groups in total. The molecule has 0 unspecified atom stereocenters. The Labute approximate surface area is 143 Å². The number of hydrogen-bond donors (Lipinski definition) is 2. The first-order valence-corrected chi connectivity index (χ1v) is 8.07. The predicted octanol–water partition coefficient (Wildman–Crippen LogP) is 4.16. The lowest BCUT2D eigenvalue weighted by Crippen LogP contribution is -2.14. The molecule has 1 aromatic rings. The van der Waals surface area contributed by atoms with E-state index in [1.807, 2.05) is 6.21 Å². The smallest absolute Gasteiger partial charge is 0.335 e. The molecule has 5 nitrogen and oxygen atoms in total. The van der Waals surface area contributed by atoms with Gasteiger partial charge in [-0.25, -0.2) is 9.79 Å². The fourth-order valence-corrected chi connectivity index (χ4v) is 1.81. The molecule has 24 heavy (non-hydrogen) atoms. The zero-order valence-corrected chi connectivity index (χ0v) is 14.3. The van der Waals surface area contributed by atoms with Crippen molar-refractivity contribution in [2.24, 2.45) is 15.7 Å². The standard InChI is InChI=1S/C15H15N3O2.C4H10/c1-10(13-6-3-7-17-9-13)18-14(16)11-4-2-5-12(8-11)15(19)20;1-3-4-2/h2,4-5,7-9H,1,3,6H2,(H2,16,18)(H,19,20);3-4H2,1-2H3. The lowest BCUT2D eigenvalue weighted by atomic mass is 10.1. The molecule has 0 amide bonds. The number of unbranched alkanes of at least 4 members (excludes halogenated alkanes) is 1. The number of rotatable bonds is 5. The van der Waals surface area contributed by atoms with Gasteiger partial charge < -0.3 is 10.8 Å². The Balaban J connectivity index is 0.000000648. The normalized spacial score (nSPS) is 13.6. The summed E-state index contributed by atoms with van der Waals surface area (Å²) < 4.78 is 0. The first-order valence-electron chi connectivity index (χ1n) is 8.07. The second kappa shape index (κ2) is 10.2. The lowest BCUT2D eigenvalue weighted by Gasteiger charge is -2.09. The van der Waals surface area contributed by atoms with Crippen LogP contribution in [0.25, 0.3) is 0 Å². The molecular weight excluding hydrogens is 302 g/mol. The zero-order valence-electron chi connectivity index (χ0n) is 14.3. The molecule has 0 aromatic heterocycles. The quantitative estimate of drug-likeness (QED) is 0.628. The predicted molar refractivity (Wildman–Crippen MR) is 99.7 cm³/mol. The van der Waals surface area contributed by atoms with Crippen LogP contribution in [-0.4, -0.2) is 23.1 Å². The van der Waals surface area contributed by atoms with Gasteiger partial charge in [0.05, 0.1) is 11.3 Å². The Morgan fingerprint density at radius 1 is 1.33 bits per heavy atom. The Hall–Kier alpha value is -2.69. The van der Waals surface area contributed by atoms with Crippen molar-refractivity contribution in [2.45, 2.75) is 39.5 Å². The third-order valence-corrected chi connectivity index (χ3v) is 3.41. The van der Waals surface area contributed by atoms with Crippen molar-refractivity contribution < 1.29 is 9.90 Å². The Bertz CT molecular complexity index is 671. The molecule has 0 saturated carbocycles. The summed E-state index contributed by atoms with van der Waals surface area (Å²) in [6.45, 7) is 8.24. The summed E-state index contributed by atoms with van der Waals surface area (Å²) in [5, 5.41) is 8.95. The van der Waals surface area contributed by atoms with Gasteiger partial charge in [-0.15, -0.1) is 0 Å². The van der Waals surface area contributed by atoms with Crippen LogP contribution in [0.4, 0.5) is 0 Å². The first kappa shape index (κ1) is 19.4. The van der Waals surface area contributed by atoms with Crippen molar-refractivity contribution in [2.75, 3.05) is 0 Å². The number of carboxylic acid groups (broad SMARTS) is 1. The van der Waals surface area contributed by atoms with Gasteiger partial charge in [-0.3, -0.25) is 4.99 Å². The summed E-state index contributed by atoms with van der Waals surface area (Å²) in [7, 11) is 0. The molecule has 0 atom stereocenters. The van der Waals surface area contributed by atoms with Gasteiger partial charge in [0.2, 0.25) is 0 Å². The van der Waals surface area contributed by atoms with Crippen molar-refractivity contribution in [3.8, 4) is 0 Å². The SMILES string of the molecule is C=C(N=C(N)c1cccc(C(=O)O)c1)C1=CN=CCC1.CCCC. The van der Waals surface area contributed by atoms with E-state index >= 15 is 0 Å². The highest BCUT2D eigenvalue weighted by Crippen LogP contribution is 2.18. The van der Waals surface area contributed by atoms with E-state index in [1.54, 1.807) is 18.3 Å². The van der Waals surface area contributed by atoms with Gasteiger partial charge in [0.25, 0.3) is 0 Å². The van der Waals surface area contributed by atoms with E-state index in [2.05, 4.69) is 30.4 Å². The van der Waals surface area contributed by atoms with Crippen molar-refractivity contribution in [1.82, 2.24) is 0 Å². The number of nitrogens with zero attached hydrogens (tertiary/aromatic N) is 2.